The first kappa shape index (κ1) is 13.5. The molecule has 6 heteroatoms. The second-order valence-electron chi connectivity index (χ2n) is 4.42. The Bertz CT molecular complexity index is 615. The summed E-state index contributed by atoms with van der Waals surface area (Å²) in [5.41, 5.74) is 2.52. The summed E-state index contributed by atoms with van der Waals surface area (Å²) < 4.78 is 8.10. The van der Waals surface area contributed by atoms with Gasteiger partial charge in [0.25, 0.3) is 0 Å². The Labute approximate surface area is 111 Å². The lowest BCUT2D eigenvalue weighted by Crippen LogP contribution is -2.23. The molecule has 0 aliphatic heterocycles. The number of hydrogen-bond donors (Lipinski definition) is 0. The molecule has 0 saturated carbocycles. The molecule has 1 aromatic carbocycles. The fourth-order valence-corrected chi connectivity index (χ4v) is 1.86. The molecule has 0 N–H and O–H groups in total. The van der Waals surface area contributed by atoms with Gasteiger partial charge in [-0.25, -0.2) is 4.79 Å². The van der Waals surface area contributed by atoms with E-state index < -0.39 is 0 Å². The highest BCUT2D eigenvalue weighted by molar-refractivity contribution is 5.44. The van der Waals surface area contributed by atoms with Gasteiger partial charge in [-0.1, -0.05) is 19.1 Å². The van der Waals surface area contributed by atoms with Crippen LogP contribution in [-0.2, 0) is 18.4 Å². The molecule has 1 aromatic heterocycles. The average Bonchev–Trinajstić information content (AvgIpc) is 2.72. The molecule has 0 aliphatic carbocycles. The van der Waals surface area contributed by atoms with Crippen LogP contribution in [0.5, 0.6) is 0 Å². The molecule has 0 bridgehead atoms. The molecule has 6 nitrogen and oxygen atoms in total. The predicted molar refractivity (Wildman–Crippen MR) is 71.3 cm³/mol. The lowest BCUT2D eigenvalue weighted by molar-refractivity contribution is 0.121. The summed E-state index contributed by atoms with van der Waals surface area (Å²) in [7, 11) is 1.58. The molecule has 0 radical (unpaired) electrons. The van der Waals surface area contributed by atoms with Gasteiger partial charge in [0.2, 0.25) is 0 Å². The summed E-state index contributed by atoms with van der Waals surface area (Å²) in [5, 5.41) is 7.61. The molecule has 0 unspecified atom stereocenters. The van der Waals surface area contributed by atoms with Gasteiger partial charge in [0, 0.05) is 19.2 Å². The Balaban J connectivity index is 2.42. The Morgan fingerprint density at radius 1 is 1.32 bits per heavy atom. The predicted octanol–water partition coefficient (Wildman–Crippen LogP) is 1.20. The van der Waals surface area contributed by atoms with Gasteiger partial charge < -0.3 is 4.74 Å². The third kappa shape index (κ3) is 2.73. The zero-order valence-electron chi connectivity index (χ0n) is 11.5. The second-order valence-corrected chi connectivity index (χ2v) is 4.42. The lowest BCUT2D eigenvalue weighted by Gasteiger charge is -2.11. The highest BCUT2D eigenvalue weighted by Crippen LogP contribution is 2.17. The van der Waals surface area contributed by atoms with E-state index in [4.69, 9.17) is 4.74 Å². The number of ether oxygens (including phenoxy) is 1. The van der Waals surface area contributed by atoms with E-state index in [0.29, 0.717) is 13.2 Å². The number of aromatic nitrogens is 4. The van der Waals surface area contributed by atoms with Crippen molar-refractivity contribution in [2.24, 2.45) is 7.05 Å². The molecular formula is C13H18N4O2. The fourth-order valence-electron chi connectivity index (χ4n) is 1.86. The van der Waals surface area contributed by atoms with Crippen LogP contribution in [0.2, 0.25) is 0 Å². The Hall–Kier alpha value is -1.95. The molecule has 0 fully saturated rings. The first-order valence-electron chi connectivity index (χ1n) is 6.30. The molecule has 0 atom stereocenters. The summed E-state index contributed by atoms with van der Waals surface area (Å²) >= 11 is 0. The minimum Gasteiger partial charge on any atom is -0.377 e. The van der Waals surface area contributed by atoms with Crippen molar-refractivity contribution in [3.8, 4) is 5.69 Å². The van der Waals surface area contributed by atoms with E-state index in [2.05, 4.69) is 17.4 Å². The van der Waals surface area contributed by atoms with E-state index >= 15 is 0 Å². The Kier molecular flexibility index (Phi) is 4.11. The van der Waals surface area contributed by atoms with E-state index in [9.17, 15) is 4.79 Å². The molecule has 0 amide bonds. The van der Waals surface area contributed by atoms with Crippen LogP contribution in [0.15, 0.2) is 23.0 Å². The topological polar surface area (TPSA) is 61.9 Å². The van der Waals surface area contributed by atoms with Gasteiger partial charge >= 0.3 is 5.69 Å². The third-order valence-corrected chi connectivity index (χ3v) is 2.93. The Morgan fingerprint density at radius 2 is 2.11 bits per heavy atom. The van der Waals surface area contributed by atoms with E-state index in [1.165, 1.54) is 9.36 Å². The van der Waals surface area contributed by atoms with Crippen molar-refractivity contribution < 1.29 is 4.74 Å². The fraction of sp³-hybridized carbons (Fsp3) is 0.462. The third-order valence-electron chi connectivity index (χ3n) is 2.93. The van der Waals surface area contributed by atoms with Crippen LogP contribution in [0.1, 0.15) is 24.5 Å². The van der Waals surface area contributed by atoms with Crippen molar-refractivity contribution in [1.29, 1.82) is 0 Å². The maximum atomic E-state index is 11.9. The maximum Gasteiger partial charge on any atom is 0.368 e. The van der Waals surface area contributed by atoms with E-state index in [1.807, 2.05) is 25.1 Å². The molecule has 1 heterocycles. The smallest absolute Gasteiger partial charge is 0.368 e. The largest absolute Gasteiger partial charge is 0.377 e. The first-order chi connectivity index (χ1) is 9.15. The quantitative estimate of drug-likeness (QED) is 0.760. The van der Waals surface area contributed by atoms with Crippen LogP contribution in [0.25, 0.3) is 5.69 Å². The van der Waals surface area contributed by atoms with Gasteiger partial charge in [0.1, 0.15) is 0 Å². The monoisotopic (exact) mass is 262 g/mol. The van der Waals surface area contributed by atoms with Gasteiger partial charge in [-0.15, -0.1) is 0 Å². The van der Waals surface area contributed by atoms with Gasteiger partial charge in [-0.05, 0) is 35.4 Å². The number of rotatable bonds is 5. The molecule has 0 spiro atoms. The molecule has 2 rings (SSSR count). The number of nitrogens with zero attached hydrogens (tertiary/aromatic N) is 4. The van der Waals surface area contributed by atoms with Gasteiger partial charge in [-0.2, -0.15) is 9.36 Å². The van der Waals surface area contributed by atoms with Crippen molar-refractivity contribution in [2.45, 2.75) is 26.9 Å². The molecule has 2 aromatic rings. The number of hydrogen-bond acceptors (Lipinski definition) is 4. The summed E-state index contributed by atoms with van der Waals surface area (Å²) in [4.78, 5) is 11.9. The zero-order chi connectivity index (χ0) is 13.8. The first-order valence-corrected chi connectivity index (χ1v) is 6.30. The van der Waals surface area contributed by atoms with Crippen LogP contribution < -0.4 is 5.69 Å². The van der Waals surface area contributed by atoms with Crippen molar-refractivity contribution in [1.82, 2.24) is 19.8 Å². The van der Waals surface area contributed by atoms with Crippen LogP contribution in [0.3, 0.4) is 0 Å². The molecular weight excluding hydrogens is 244 g/mol. The van der Waals surface area contributed by atoms with Crippen LogP contribution in [-0.4, -0.2) is 26.4 Å². The van der Waals surface area contributed by atoms with Gasteiger partial charge in [-0.3, -0.25) is 0 Å². The molecule has 19 heavy (non-hydrogen) atoms. The number of tetrazole rings is 1. The summed E-state index contributed by atoms with van der Waals surface area (Å²) in [6, 6.07) is 5.75. The van der Waals surface area contributed by atoms with Crippen LogP contribution in [0.4, 0.5) is 0 Å². The van der Waals surface area contributed by atoms with Crippen LogP contribution >= 0.6 is 0 Å². The van der Waals surface area contributed by atoms with E-state index in [1.54, 1.807) is 7.05 Å². The number of benzene rings is 1. The minimum absolute atomic E-state index is 0.262. The normalized spacial score (nSPS) is 10.9. The van der Waals surface area contributed by atoms with Crippen molar-refractivity contribution in [2.75, 3.05) is 6.61 Å². The lowest BCUT2D eigenvalue weighted by atomic mass is 10.1. The zero-order valence-corrected chi connectivity index (χ0v) is 11.5. The molecule has 0 saturated heterocycles. The Morgan fingerprint density at radius 3 is 2.74 bits per heavy atom. The van der Waals surface area contributed by atoms with Crippen molar-refractivity contribution in [3.05, 3.63) is 39.8 Å². The van der Waals surface area contributed by atoms with Crippen LogP contribution in [0, 0.1) is 6.92 Å². The highest BCUT2D eigenvalue weighted by Gasteiger charge is 2.12. The standard InChI is InChI=1S/C13H18N4O2/c1-4-8-19-9-11-10(2)6-5-7-12(11)17-13(18)16(3)14-15-17/h5-7H,4,8-9H2,1-3H3. The summed E-state index contributed by atoms with van der Waals surface area (Å²) in [6.45, 7) is 5.23. The van der Waals surface area contributed by atoms with E-state index in [-0.39, 0.29) is 5.69 Å². The SMILES string of the molecule is CCCOCc1c(C)cccc1-n1nnn(C)c1=O. The second kappa shape index (κ2) is 5.79. The number of aryl methyl sites for hydroxylation is 2. The minimum atomic E-state index is -0.262. The summed E-state index contributed by atoms with van der Waals surface area (Å²) in [5.74, 6) is 0. The van der Waals surface area contributed by atoms with Gasteiger partial charge in [0.05, 0.1) is 12.3 Å². The van der Waals surface area contributed by atoms with Gasteiger partial charge in [0.15, 0.2) is 0 Å². The average molecular weight is 262 g/mol. The van der Waals surface area contributed by atoms with Crippen molar-refractivity contribution in [3.63, 3.8) is 0 Å². The highest BCUT2D eigenvalue weighted by atomic mass is 16.5. The van der Waals surface area contributed by atoms with Crippen molar-refractivity contribution >= 4 is 0 Å². The maximum absolute atomic E-state index is 11.9. The van der Waals surface area contributed by atoms with E-state index in [0.717, 1.165) is 23.2 Å². The summed E-state index contributed by atoms with van der Waals surface area (Å²) in [6.07, 6.45) is 0.965. The molecule has 102 valence electrons. The molecule has 0 aliphatic rings.